The summed E-state index contributed by atoms with van der Waals surface area (Å²) in [6.45, 7) is -0.0472. The minimum atomic E-state index is -1.12. The van der Waals surface area contributed by atoms with Gasteiger partial charge in [0.05, 0.1) is 17.9 Å². The number of halogens is 1. The second-order valence-corrected chi connectivity index (χ2v) is 7.50. The van der Waals surface area contributed by atoms with Crippen molar-refractivity contribution in [2.45, 2.75) is 19.3 Å². The van der Waals surface area contributed by atoms with Gasteiger partial charge in [-0.3, -0.25) is 4.79 Å². The number of nitrogens with one attached hydrogen (secondary N) is 1. The molecule has 0 radical (unpaired) electrons. The number of aryl methyl sites for hydroxylation is 1. The summed E-state index contributed by atoms with van der Waals surface area (Å²) in [6.07, 6.45) is 2.80. The second kappa shape index (κ2) is 11.8. The summed E-state index contributed by atoms with van der Waals surface area (Å²) in [4.78, 5) is 23.7. The Labute approximate surface area is 191 Å². The quantitative estimate of drug-likeness (QED) is 0.377. The lowest BCUT2D eigenvalue weighted by atomic mass is 10.1. The van der Waals surface area contributed by atoms with E-state index in [1.165, 1.54) is 17.7 Å². The third-order valence-corrected chi connectivity index (χ3v) is 4.87. The fourth-order valence-electron chi connectivity index (χ4n) is 3.09. The lowest BCUT2D eigenvalue weighted by molar-refractivity contribution is -0.139. The average Bonchev–Trinajstić information content (AvgIpc) is 2.79. The molecule has 0 bridgehead atoms. The van der Waals surface area contributed by atoms with Gasteiger partial charge in [-0.2, -0.15) is 0 Å². The van der Waals surface area contributed by atoms with Crippen LogP contribution in [-0.4, -0.2) is 30.2 Å². The summed E-state index contributed by atoms with van der Waals surface area (Å²) in [5, 5.41) is 12.0. The zero-order valence-electron chi connectivity index (χ0n) is 17.4. The van der Waals surface area contributed by atoms with E-state index in [9.17, 15) is 9.59 Å². The van der Waals surface area contributed by atoms with E-state index in [2.05, 4.69) is 17.4 Å². The predicted octanol–water partition coefficient (Wildman–Crippen LogP) is 5.46. The summed E-state index contributed by atoms with van der Waals surface area (Å²) in [5.41, 5.74) is 1.93. The fourth-order valence-corrected chi connectivity index (χ4v) is 3.27. The maximum atomic E-state index is 12.9. The third-order valence-electron chi connectivity index (χ3n) is 4.63. The monoisotopic (exact) mass is 453 g/mol. The molecule has 0 saturated carbocycles. The standard InChI is InChI=1S/C25H24ClNO5/c26-19-13-14-23(32-17-24(28)29)21(16-19)27-25(30)20-11-4-5-12-22(20)31-15-7-6-10-18-8-2-1-3-9-18/h1-5,8-9,11-14,16H,6-7,10,15,17H2,(H,27,30)(H,28,29). The number of ether oxygens (including phenoxy) is 2. The lowest BCUT2D eigenvalue weighted by Gasteiger charge is -2.14. The number of hydrogen-bond acceptors (Lipinski definition) is 4. The number of hydrogen-bond donors (Lipinski definition) is 2. The first-order chi connectivity index (χ1) is 15.5. The highest BCUT2D eigenvalue weighted by molar-refractivity contribution is 6.31. The first kappa shape index (κ1) is 23.2. The number of amides is 1. The van der Waals surface area contributed by atoms with Crippen molar-refractivity contribution in [1.82, 2.24) is 0 Å². The summed E-state index contributed by atoms with van der Waals surface area (Å²) in [7, 11) is 0. The third kappa shape index (κ3) is 7.03. The van der Waals surface area contributed by atoms with Crippen molar-refractivity contribution in [3.05, 3.63) is 88.9 Å². The van der Waals surface area contributed by atoms with E-state index in [1.807, 2.05) is 18.2 Å². The van der Waals surface area contributed by atoms with Crippen LogP contribution in [-0.2, 0) is 11.2 Å². The number of benzene rings is 3. The Balaban J connectivity index is 1.60. The Morgan fingerprint density at radius 3 is 2.41 bits per heavy atom. The molecule has 0 spiro atoms. The molecule has 3 aromatic carbocycles. The molecule has 7 heteroatoms. The topological polar surface area (TPSA) is 84.9 Å². The molecule has 3 rings (SSSR count). The van der Waals surface area contributed by atoms with Gasteiger partial charge in [0.15, 0.2) is 6.61 Å². The molecular formula is C25H24ClNO5. The Morgan fingerprint density at radius 2 is 1.62 bits per heavy atom. The first-order valence-electron chi connectivity index (χ1n) is 10.2. The number of anilines is 1. The zero-order chi connectivity index (χ0) is 22.8. The molecule has 0 unspecified atom stereocenters. The lowest BCUT2D eigenvalue weighted by Crippen LogP contribution is -2.16. The molecule has 0 atom stereocenters. The van der Waals surface area contributed by atoms with Crippen molar-refractivity contribution in [3.63, 3.8) is 0 Å². The van der Waals surface area contributed by atoms with E-state index in [4.69, 9.17) is 26.2 Å². The molecule has 0 aliphatic rings. The van der Waals surface area contributed by atoms with Gasteiger partial charge in [0.2, 0.25) is 0 Å². The van der Waals surface area contributed by atoms with Gasteiger partial charge in [-0.05, 0) is 55.2 Å². The molecule has 2 N–H and O–H groups in total. The van der Waals surface area contributed by atoms with Crippen LogP contribution in [0.15, 0.2) is 72.8 Å². The van der Waals surface area contributed by atoms with Crippen LogP contribution >= 0.6 is 11.6 Å². The molecular weight excluding hydrogens is 430 g/mol. The number of unbranched alkanes of at least 4 members (excludes halogenated alkanes) is 1. The Kier molecular flexibility index (Phi) is 8.52. The molecule has 0 fully saturated rings. The van der Waals surface area contributed by atoms with Crippen molar-refractivity contribution >= 4 is 29.2 Å². The Hall–Kier alpha value is -3.51. The summed E-state index contributed by atoms with van der Waals surface area (Å²) in [5.74, 6) is -0.847. The molecule has 166 valence electrons. The first-order valence-corrected chi connectivity index (χ1v) is 10.6. The maximum absolute atomic E-state index is 12.9. The van der Waals surface area contributed by atoms with Gasteiger partial charge in [-0.15, -0.1) is 0 Å². The summed E-state index contributed by atoms with van der Waals surface area (Å²) < 4.78 is 11.1. The van der Waals surface area contributed by atoms with E-state index in [-0.39, 0.29) is 11.4 Å². The number of carboxylic acid groups (broad SMARTS) is 1. The number of carboxylic acids is 1. The van der Waals surface area contributed by atoms with Crippen LogP contribution in [0.4, 0.5) is 5.69 Å². The van der Waals surface area contributed by atoms with Gasteiger partial charge in [-0.1, -0.05) is 54.1 Å². The molecule has 3 aromatic rings. The van der Waals surface area contributed by atoms with Crippen molar-refractivity contribution in [1.29, 1.82) is 0 Å². The van der Waals surface area contributed by atoms with Crippen LogP contribution in [0.3, 0.4) is 0 Å². The molecule has 32 heavy (non-hydrogen) atoms. The second-order valence-electron chi connectivity index (χ2n) is 7.06. The normalized spacial score (nSPS) is 10.4. The van der Waals surface area contributed by atoms with Crippen molar-refractivity contribution < 1.29 is 24.2 Å². The van der Waals surface area contributed by atoms with Crippen molar-refractivity contribution in [2.75, 3.05) is 18.5 Å². The molecule has 0 aliphatic heterocycles. The highest BCUT2D eigenvalue weighted by atomic mass is 35.5. The number of carbonyl (C=O) groups is 2. The van der Waals surface area contributed by atoms with Crippen molar-refractivity contribution in [2.24, 2.45) is 0 Å². The minimum Gasteiger partial charge on any atom is -0.493 e. The fraction of sp³-hybridized carbons (Fsp3) is 0.200. The highest BCUT2D eigenvalue weighted by Crippen LogP contribution is 2.29. The summed E-state index contributed by atoms with van der Waals surface area (Å²) >= 11 is 6.03. The van der Waals surface area contributed by atoms with E-state index < -0.39 is 18.5 Å². The van der Waals surface area contributed by atoms with Gasteiger partial charge < -0.3 is 19.9 Å². The molecule has 0 saturated heterocycles. The van der Waals surface area contributed by atoms with Crippen molar-refractivity contribution in [3.8, 4) is 11.5 Å². The number of para-hydroxylation sites is 1. The predicted molar refractivity (Wildman–Crippen MR) is 124 cm³/mol. The van der Waals surface area contributed by atoms with Crippen LogP contribution in [0.1, 0.15) is 28.8 Å². The SMILES string of the molecule is O=C(O)COc1ccc(Cl)cc1NC(=O)c1ccccc1OCCCCc1ccccc1. The Bertz CT molecular complexity index is 1060. The maximum Gasteiger partial charge on any atom is 0.341 e. The van der Waals surface area contributed by atoms with Gasteiger partial charge in [0.25, 0.3) is 5.91 Å². The minimum absolute atomic E-state index is 0.212. The molecule has 0 aliphatic carbocycles. The van der Waals surface area contributed by atoms with E-state index in [1.54, 1.807) is 30.3 Å². The van der Waals surface area contributed by atoms with Gasteiger partial charge in [0, 0.05) is 5.02 Å². The van der Waals surface area contributed by atoms with E-state index in [0.29, 0.717) is 22.9 Å². The molecule has 0 heterocycles. The van der Waals surface area contributed by atoms with E-state index >= 15 is 0 Å². The average molecular weight is 454 g/mol. The van der Waals surface area contributed by atoms with Crippen LogP contribution in [0.2, 0.25) is 5.02 Å². The largest absolute Gasteiger partial charge is 0.493 e. The number of carbonyl (C=O) groups excluding carboxylic acids is 1. The van der Waals surface area contributed by atoms with Gasteiger partial charge >= 0.3 is 5.97 Å². The molecule has 1 amide bonds. The van der Waals surface area contributed by atoms with Gasteiger partial charge in [0.1, 0.15) is 11.5 Å². The smallest absolute Gasteiger partial charge is 0.341 e. The molecule has 6 nitrogen and oxygen atoms in total. The van der Waals surface area contributed by atoms with Crippen LogP contribution < -0.4 is 14.8 Å². The Morgan fingerprint density at radius 1 is 0.875 bits per heavy atom. The number of aliphatic carboxylic acids is 1. The van der Waals surface area contributed by atoms with Gasteiger partial charge in [-0.25, -0.2) is 4.79 Å². The molecule has 0 aromatic heterocycles. The van der Waals surface area contributed by atoms with E-state index in [0.717, 1.165) is 19.3 Å². The summed E-state index contributed by atoms with van der Waals surface area (Å²) in [6, 6.07) is 21.8. The van der Waals surface area contributed by atoms with Crippen LogP contribution in [0, 0.1) is 0 Å². The van der Waals surface area contributed by atoms with Crippen LogP contribution in [0.5, 0.6) is 11.5 Å². The number of rotatable bonds is 11. The van der Waals surface area contributed by atoms with Crippen LogP contribution in [0.25, 0.3) is 0 Å². The zero-order valence-corrected chi connectivity index (χ0v) is 18.2. The highest BCUT2D eigenvalue weighted by Gasteiger charge is 2.15.